The molecule has 0 fully saturated rings. The molecule has 1 rings (SSSR count). The van der Waals surface area contributed by atoms with Crippen LogP contribution in [0.5, 0.6) is 0 Å². The molecular formula is C11H11N3O2S. The van der Waals surface area contributed by atoms with Crippen LogP contribution in [0.4, 0.5) is 0 Å². The molecular weight excluding hydrogens is 238 g/mol. The molecule has 1 aromatic carbocycles. The van der Waals surface area contributed by atoms with Gasteiger partial charge in [-0.05, 0) is 32.0 Å². The predicted octanol–water partition coefficient (Wildman–Crippen LogP) is 1.14. The zero-order valence-corrected chi connectivity index (χ0v) is 10.2. The van der Waals surface area contributed by atoms with Gasteiger partial charge in [0.15, 0.2) is 0 Å². The standard InChI is InChI=1S/C11H11N3O2S/c1-11(2,8-13)14-17(15,16)10-5-3-4-9(6-10)7-12/h3-6,14H,1-2H3. The second-order valence-corrected chi connectivity index (χ2v) is 5.66. The van der Waals surface area contributed by atoms with Crippen LogP contribution in [0.1, 0.15) is 19.4 Å². The van der Waals surface area contributed by atoms with Crippen molar-refractivity contribution in [2.24, 2.45) is 0 Å². The lowest BCUT2D eigenvalue weighted by molar-refractivity contribution is 0.535. The van der Waals surface area contributed by atoms with Gasteiger partial charge in [0, 0.05) is 0 Å². The summed E-state index contributed by atoms with van der Waals surface area (Å²) in [5, 5.41) is 17.5. The van der Waals surface area contributed by atoms with E-state index in [-0.39, 0.29) is 10.5 Å². The van der Waals surface area contributed by atoms with E-state index in [4.69, 9.17) is 10.5 Å². The number of nitrogens with one attached hydrogen (secondary N) is 1. The van der Waals surface area contributed by atoms with E-state index in [2.05, 4.69) is 4.72 Å². The highest BCUT2D eigenvalue weighted by molar-refractivity contribution is 7.89. The molecule has 0 saturated carbocycles. The summed E-state index contributed by atoms with van der Waals surface area (Å²) in [6.45, 7) is 2.91. The normalized spacial score (nSPS) is 11.5. The lowest BCUT2D eigenvalue weighted by Gasteiger charge is -2.17. The van der Waals surface area contributed by atoms with Gasteiger partial charge < -0.3 is 0 Å². The number of rotatable bonds is 3. The predicted molar refractivity (Wildman–Crippen MR) is 61.2 cm³/mol. The molecule has 0 saturated heterocycles. The first kappa shape index (κ1) is 13.2. The first-order valence-corrected chi connectivity index (χ1v) is 6.24. The van der Waals surface area contributed by atoms with Crippen LogP contribution in [0, 0.1) is 22.7 Å². The number of benzene rings is 1. The Hall–Kier alpha value is -1.89. The molecule has 0 aliphatic rings. The fourth-order valence-corrected chi connectivity index (χ4v) is 2.53. The molecule has 0 bridgehead atoms. The minimum absolute atomic E-state index is 0.0279. The Bertz CT molecular complexity index is 606. The van der Waals surface area contributed by atoms with Gasteiger partial charge in [0.25, 0.3) is 0 Å². The Labute approximate surface area is 100 Å². The summed E-state index contributed by atoms with van der Waals surface area (Å²) in [7, 11) is -3.79. The summed E-state index contributed by atoms with van der Waals surface area (Å²) in [5.41, 5.74) is -0.941. The maximum atomic E-state index is 11.9. The Kier molecular flexibility index (Phi) is 3.52. The summed E-state index contributed by atoms with van der Waals surface area (Å²) in [6, 6.07) is 9.32. The zero-order valence-electron chi connectivity index (χ0n) is 9.43. The molecule has 17 heavy (non-hydrogen) atoms. The summed E-state index contributed by atoms with van der Waals surface area (Å²) in [6.07, 6.45) is 0. The molecule has 0 aliphatic heterocycles. The molecule has 1 aromatic rings. The first-order chi connectivity index (χ1) is 7.80. The van der Waals surface area contributed by atoms with Crippen LogP contribution in [0.3, 0.4) is 0 Å². The van der Waals surface area contributed by atoms with Crippen molar-refractivity contribution in [3.63, 3.8) is 0 Å². The van der Waals surface area contributed by atoms with Crippen LogP contribution in [0.15, 0.2) is 29.2 Å². The van der Waals surface area contributed by atoms with Crippen LogP contribution in [-0.2, 0) is 10.0 Å². The van der Waals surface area contributed by atoms with Crippen LogP contribution in [-0.4, -0.2) is 14.0 Å². The highest BCUT2D eigenvalue weighted by Crippen LogP contribution is 2.13. The van der Waals surface area contributed by atoms with Crippen molar-refractivity contribution in [1.82, 2.24) is 4.72 Å². The van der Waals surface area contributed by atoms with Gasteiger partial charge in [0.2, 0.25) is 10.0 Å². The molecule has 0 radical (unpaired) electrons. The molecule has 0 aromatic heterocycles. The van der Waals surface area contributed by atoms with Crippen molar-refractivity contribution < 1.29 is 8.42 Å². The molecule has 0 atom stereocenters. The highest BCUT2D eigenvalue weighted by atomic mass is 32.2. The van der Waals surface area contributed by atoms with E-state index in [0.717, 1.165) is 0 Å². The number of hydrogen-bond donors (Lipinski definition) is 1. The van der Waals surface area contributed by atoms with Crippen molar-refractivity contribution in [3.8, 4) is 12.1 Å². The van der Waals surface area contributed by atoms with Crippen LogP contribution >= 0.6 is 0 Å². The van der Waals surface area contributed by atoms with Crippen LogP contribution in [0.2, 0.25) is 0 Å². The van der Waals surface area contributed by atoms with Crippen molar-refractivity contribution in [2.45, 2.75) is 24.3 Å². The van der Waals surface area contributed by atoms with E-state index in [9.17, 15) is 8.42 Å². The van der Waals surface area contributed by atoms with Crippen molar-refractivity contribution in [1.29, 1.82) is 10.5 Å². The third-order valence-corrected chi connectivity index (χ3v) is 3.60. The maximum absolute atomic E-state index is 11.9. The third-order valence-electron chi connectivity index (χ3n) is 1.94. The SMILES string of the molecule is CC(C)(C#N)NS(=O)(=O)c1cccc(C#N)c1. The van der Waals surface area contributed by atoms with Gasteiger partial charge in [-0.1, -0.05) is 6.07 Å². The van der Waals surface area contributed by atoms with E-state index >= 15 is 0 Å². The number of sulfonamides is 1. The van der Waals surface area contributed by atoms with E-state index in [1.807, 2.05) is 12.1 Å². The fourth-order valence-electron chi connectivity index (χ4n) is 1.15. The number of hydrogen-bond acceptors (Lipinski definition) is 4. The lowest BCUT2D eigenvalue weighted by atomic mass is 10.1. The fraction of sp³-hybridized carbons (Fsp3) is 0.273. The molecule has 0 amide bonds. The Morgan fingerprint density at radius 1 is 1.29 bits per heavy atom. The average Bonchev–Trinajstić information content (AvgIpc) is 2.28. The number of nitrogens with zero attached hydrogens (tertiary/aromatic N) is 2. The molecule has 6 heteroatoms. The van der Waals surface area contributed by atoms with Crippen molar-refractivity contribution in [3.05, 3.63) is 29.8 Å². The van der Waals surface area contributed by atoms with Gasteiger partial charge in [0.05, 0.1) is 22.6 Å². The summed E-state index contributed by atoms with van der Waals surface area (Å²) >= 11 is 0. The Morgan fingerprint density at radius 2 is 1.94 bits per heavy atom. The molecule has 1 N–H and O–H groups in total. The molecule has 0 heterocycles. The average molecular weight is 249 g/mol. The second-order valence-electron chi connectivity index (χ2n) is 3.98. The topological polar surface area (TPSA) is 93.8 Å². The van der Waals surface area contributed by atoms with Gasteiger partial charge in [-0.2, -0.15) is 15.2 Å². The summed E-state index contributed by atoms with van der Waals surface area (Å²) < 4.78 is 26.1. The van der Waals surface area contributed by atoms with Crippen LogP contribution in [0.25, 0.3) is 0 Å². The molecule has 0 unspecified atom stereocenters. The van der Waals surface area contributed by atoms with E-state index < -0.39 is 15.6 Å². The molecule has 0 spiro atoms. The first-order valence-electron chi connectivity index (χ1n) is 4.76. The maximum Gasteiger partial charge on any atom is 0.241 e. The zero-order chi connectivity index (χ0) is 13.1. The summed E-state index contributed by atoms with van der Waals surface area (Å²) in [5.74, 6) is 0. The van der Waals surface area contributed by atoms with Gasteiger partial charge in [0.1, 0.15) is 5.54 Å². The van der Waals surface area contributed by atoms with E-state index in [1.165, 1.54) is 38.1 Å². The minimum Gasteiger partial charge on any atom is -0.207 e. The Morgan fingerprint density at radius 3 is 2.47 bits per heavy atom. The summed E-state index contributed by atoms with van der Waals surface area (Å²) in [4.78, 5) is -0.0279. The molecule has 5 nitrogen and oxygen atoms in total. The third kappa shape index (κ3) is 3.28. The van der Waals surface area contributed by atoms with Gasteiger partial charge in [-0.15, -0.1) is 0 Å². The quantitative estimate of drug-likeness (QED) is 0.869. The van der Waals surface area contributed by atoms with E-state index in [0.29, 0.717) is 0 Å². The lowest BCUT2D eigenvalue weighted by Crippen LogP contribution is -2.41. The van der Waals surface area contributed by atoms with E-state index in [1.54, 1.807) is 0 Å². The highest BCUT2D eigenvalue weighted by Gasteiger charge is 2.25. The van der Waals surface area contributed by atoms with Crippen molar-refractivity contribution in [2.75, 3.05) is 0 Å². The van der Waals surface area contributed by atoms with Gasteiger partial charge in [-0.3, -0.25) is 0 Å². The monoisotopic (exact) mass is 249 g/mol. The molecule has 0 aliphatic carbocycles. The minimum atomic E-state index is -3.79. The second kappa shape index (κ2) is 4.54. The van der Waals surface area contributed by atoms with Crippen molar-refractivity contribution >= 4 is 10.0 Å². The van der Waals surface area contributed by atoms with Gasteiger partial charge in [-0.25, -0.2) is 8.42 Å². The largest absolute Gasteiger partial charge is 0.241 e. The smallest absolute Gasteiger partial charge is 0.207 e. The Balaban J connectivity index is 3.16. The molecule has 88 valence electrons. The van der Waals surface area contributed by atoms with Crippen LogP contribution < -0.4 is 4.72 Å². The number of nitriles is 2. The van der Waals surface area contributed by atoms with Gasteiger partial charge >= 0.3 is 0 Å².